The summed E-state index contributed by atoms with van der Waals surface area (Å²) in [4.78, 5) is 11.4. The third kappa shape index (κ3) is 3.90. The van der Waals surface area contributed by atoms with E-state index in [0.717, 1.165) is 43.5 Å². The number of anilines is 1. The van der Waals surface area contributed by atoms with Crippen molar-refractivity contribution in [3.63, 3.8) is 0 Å². The van der Waals surface area contributed by atoms with Gasteiger partial charge in [0.15, 0.2) is 0 Å². The summed E-state index contributed by atoms with van der Waals surface area (Å²) in [6.45, 7) is 9.73. The molecule has 4 heteroatoms. The topological polar surface area (TPSA) is 41.1 Å². The van der Waals surface area contributed by atoms with Crippen molar-refractivity contribution in [3.05, 3.63) is 18.0 Å². The van der Waals surface area contributed by atoms with Crippen molar-refractivity contribution in [2.24, 2.45) is 5.92 Å². The van der Waals surface area contributed by atoms with Gasteiger partial charge >= 0.3 is 0 Å². The van der Waals surface area contributed by atoms with Crippen molar-refractivity contribution in [3.8, 4) is 0 Å². The summed E-state index contributed by atoms with van der Waals surface area (Å²) in [5.41, 5.74) is 1.16. The third-order valence-corrected chi connectivity index (χ3v) is 3.82. The number of aromatic nitrogens is 2. The van der Waals surface area contributed by atoms with Gasteiger partial charge < -0.3 is 10.2 Å². The first kappa shape index (κ1) is 14.3. The molecule has 2 unspecified atom stereocenters. The summed E-state index contributed by atoms with van der Waals surface area (Å²) in [6, 6.07) is 0.556. The minimum Gasteiger partial charge on any atom is -0.338 e. The van der Waals surface area contributed by atoms with Crippen molar-refractivity contribution in [1.82, 2.24) is 15.3 Å². The summed E-state index contributed by atoms with van der Waals surface area (Å²) < 4.78 is 0. The van der Waals surface area contributed by atoms with Crippen LogP contribution in [0.5, 0.6) is 0 Å². The number of rotatable bonds is 5. The van der Waals surface area contributed by atoms with E-state index >= 15 is 0 Å². The highest BCUT2D eigenvalue weighted by atomic mass is 15.3. The Morgan fingerprint density at radius 1 is 1.26 bits per heavy atom. The van der Waals surface area contributed by atoms with E-state index in [-0.39, 0.29) is 0 Å². The summed E-state index contributed by atoms with van der Waals surface area (Å²) in [5, 5.41) is 3.37. The highest BCUT2D eigenvalue weighted by Crippen LogP contribution is 2.24. The maximum Gasteiger partial charge on any atom is 0.225 e. The molecule has 2 rings (SSSR count). The molecular formula is C15H26N4. The van der Waals surface area contributed by atoms with Gasteiger partial charge in [0, 0.05) is 37.1 Å². The highest BCUT2D eigenvalue weighted by molar-refractivity contribution is 5.32. The van der Waals surface area contributed by atoms with Crippen molar-refractivity contribution in [2.75, 3.05) is 18.0 Å². The van der Waals surface area contributed by atoms with Crippen LogP contribution >= 0.6 is 0 Å². The molecule has 106 valence electrons. The fourth-order valence-corrected chi connectivity index (χ4v) is 2.56. The van der Waals surface area contributed by atoms with E-state index in [0.29, 0.717) is 6.04 Å². The quantitative estimate of drug-likeness (QED) is 0.828. The van der Waals surface area contributed by atoms with Crippen LogP contribution in [0.15, 0.2) is 12.4 Å². The molecule has 0 aliphatic carbocycles. The normalized spacial score (nSPS) is 23.6. The number of nitrogens with one attached hydrogen (secondary N) is 1. The minimum absolute atomic E-state index is 0.556. The summed E-state index contributed by atoms with van der Waals surface area (Å²) in [7, 11) is 0. The lowest BCUT2D eigenvalue weighted by Gasteiger charge is -2.36. The first-order valence-electron chi connectivity index (χ1n) is 7.49. The molecule has 0 saturated carbocycles. The predicted molar refractivity (Wildman–Crippen MR) is 79.2 cm³/mol. The lowest BCUT2D eigenvalue weighted by Crippen LogP contribution is -2.42. The number of piperidine rings is 1. The van der Waals surface area contributed by atoms with Crippen LogP contribution in [0.4, 0.5) is 5.95 Å². The van der Waals surface area contributed by atoms with Crippen LogP contribution < -0.4 is 10.2 Å². The molecule has 1 N–H and O–H groups in total. The number of hydrogen-bond acceptors (Lipinski definition) is 4. The summed E-state index contributed by atoms with van der Waals surface area (Å²) in [6.07, 6.45) is 7.62. The van der Waals surface area contributed by atoms with Crippen LogP contribution in [-0.4, -0.2) is 29.1 Å². The largest absolute Gasteiger partial charge is 0.338 e. The van der Waals surface area contributed by atoms with Gasteiger partial charge in [-0.3, -0.25) is 0 Å². The zero-order chi connectivity index (χ0) is 13.7. The summed E-state index contributed by atoms with van der Waals surface area (Å²) >= 11 is 0. The van der Waals surface area contributed by atoms with Crippen molar-refractivity contribution >= 4 is 5.95 Å². The smallest absolute Gasteiger partial charge is 0.225 e. The lowest BCUT2D eigenvalue weighted by atomic mass is 9.95. The van der Waals surface area contributed by atoms with Crippen LogP contribution in [0.1, 0.15) is 45.6 Å². The number of nitrogens with zero attached hydrogens (tertiary/aromatic N) is 3. The molecule has 1 fully saturated rings. The van der Waals surface area contributed by atoms with E-state index in [9.17, 15) is 0 Å². The van der Waals surface area contributed by atoms with E-state index in [2.05, 4.69) is 41.0 Å². The van der Waals surface area contributed by atoms with Gasteiger partial charge in [-0.05, 0) is 38.6 Å². The van der Waals surface area contributed by atoms with E-state index < -0.39 is 0 Å². The molecule has 2 atom stereocenters. The first-order valence-corrected chi connectivity index (χ1v) is 7.49. The monoisotopic (exact) mass is 262 g/mol. The molecule has 4 nitrogen and oxygen atoms in total. The zero-order valence-electron chi connectivity index (χ0n) is 12.4. The summed E-state index contributed by atoms with van der Waals surface area (Å²) in [5.74, 6) is 1.63. The van der Waals surface area contributed by atoms with Crippen LogP contribution in [-0.2, 0) is 6.54 Å². The Labute approximate surface area is 116 Å². The van der Waals surface area contributed by atoms with Crippen molar-refractivity contribution in [1.29, 1.82) is 0 Å². The zero-order valence-corrected chi connectivity index (χ0v) is 12.4. The van der Waals surface area contributed by atoms with Crippen molar-refractivity contribution < 1.29 is 0 Å². The molecule has 0 spiro atoms. The molecule has 2 heterocycles. The standard InChI is InChI=1S/C15H26N4/c1-4-7-16-8-14-9-17-15(18-10-14)19-11-12(2)5-6-13(19)3/h9-10,12-13,16H,4-8,11H2,1-3H3. The third-order valence-electron chi connectivity index (χ3n) is 3.82. The van der Waals surface area contributed by atoms with Crippen LogP contribution in [0.2, 0.25) is 0 Å². The van der Waals surface area contributed by atoms with Crippen LogP contribution in [0.25, 0.3) is 0 Å². The maximum absolute atomic E-state index is 4.54. The van der Waals surface area contributed by atoms with Gasteiger partial charge in [-0.1, -0.05) is 13.8 Å². The Bertz CT molecular complexity index is 376. The molecular weight excluding hydrogens is 236 g/mol. The molecule has 1 aliphatic rings. The van der Waals surface area contributed by atoms with Gasteiger partial charge in [0.1, 0.15) is 0 Å². The highest BCUT2D eigenvalue weighted by Gasteiger charge is 2.24. The molecule has 19 heavy (non-hydrogen) atoms. The Balaban J connectivity index is 1.97. The second-order valence-electron chi connectivity index (χ2n) is 5.75. The molecule has 1 aromatic rings. The SMILES string of the molecule is CCCNCc1cnc(N2CC(C)CCC2C)nc1. The van der Waals surface area contributed by atoms with E-state index in [1.54, 1.807) is 0 Å². The lowest BCUT2D eigenvalue weighted by molar-refractivity contribution is 0.385. The molecule has 0 amide bonds. The second-order valence-corrected chi connectivity index (χ2v) is 5.75. The average Bonchev–Trinajstić information content (AvgIpc) is 2.43. The van der Waals surface area contributed by atoms with Gasteiger partial charge in [-0.2, -0.15) is 0 Å². The molecule has 1 saturated heterocycles. The van der Waals surface area contributed by atoms with Gasteiger partial charge in [0.25, 0.3) is 0 Å². The van der Waals surface area contributed by atoms with Crippen molar-refractivity contribution in [2.45, 2.75) is 52.6 Å². The van der Waals surface area contributed by atoms with Gasteiger partial charge in [0.2, 0.25) is 5.95 Å². The fraction of sp³-hybridized carbons (Fsp3) is 0.733. The predicted octanol–water partition coefficient (Wildman–Crippen LogP) is 2.60. The second kappa shape index (κ2) is 6.85. The molecule has 0 radical (unpaired) electrons. The van der Waals surface area contributed by atoms with Gasteiger partial charge in [-0.25, -0.2) is 9.97 Å². The minimum atomic E-state index is 0.556. The molecule has 1 aromatic heterocycles. The van der Waals surface area contributed by atoms with Crippen LogP contribution in [0.3, 0.4) is 0 Å². The average molecular weight is 262 g/mol. The number of hydrogen-bond donors (Lipinski definition) is 1. The first-order chi connectivity index (χ1) is 9.20. The Morgan fingerprint density at radius 3 is 2.68 bits per heavy atom. The van der Waals surface area contributed by atoms with E-state index in [1.165, 1.54) is 12.8 Å². The maximum atomic E-state index is 4.54. The Hall–Kier alpha value is -1.16. The molecule has 0 aromatic carbocycles. The Morgan fingerprint density at radius 2 is 2.00 bits per heavy atom. The molecule has 1 aliphatic heterocycles. The van der Waals surface area contributed by atoms with Gasteiger partial charge in [-0.15, -0.1) is 0 Å². The molecule has 0 bridgehead atoms. The van der Waals surface area contributed by atoms with Crippen LogP contribution in [0, 0.1) is 5.92 Å². The van der Waals surface area contributed by atoms with Gasteiger partial charge in [0.05, 0.1) is 0 Å². The van der Waals surface area contributed by atoms with E-state index in [1.807, 2.05) is 12.4 Å². The Kier molecular flexibility index (Phi) is 5.14. The fourth-order valence-electron chi connectivity index (χ4n) is 2.56. The van der Waals surface area contributed by atoms with E-state index in [4.69, 9.17) is 0 Å².